The van der Waals surface area contributed by atoms with Crippen LogP contribution in [0.4, 0.5) is 0 Å². The van der Waals surface area contributed by atoms with Gasteiger partial charge in [0.15, 0.2) is 22.5 Å². The normalized spacial score (nSPS) is 10.3. The molecule has 8 heteroatoms. The van der Waals surface area contributed by atoms with E-state index in [1.807, 2.05) is 0 Å². The Morgan fingerprint density at radius 3 is 2.82 bits per heavy atom. The fraction of sp³-hybridized carbons (Fsp3) is 0.214. The van der Waals surface area contributed by atoms with Gasteiger partial charge in [-0.15, -0.1) is 10.2 Å². The zero-order valence-corrected chi connectivity index (χ0v) is 12.9. The number of carboxylic acids is 1. The number of nitrogens with zero attached hydrogens (tertiary/aromatic N) is 2. The minimum atomic E-state index is -0.911. The Labute approximate surface area is 131 Å². The summed E-state index contributed by atoms with van der Waals surface area (Å²) in [4.78, 5) is 13.5. The third kappa shape index (κ3) is 4.01. The fourth-order valence-corrected chi connectivity index (χ4v) is 2.19. The van der Waals surface area contributed by atoms with E-state index in [-0.39, 0.29) is 5.75 Å². The summed E-state index contributed by atoms with van der Waals surface area (Å²) in [6, 6.07) is 5.30. The topological polar surface area (TPSA) is 97.3 Å². The Bertz CT molecular complexity index is 699. The van der Waals surface area contributed by atoms with Crippen molar-refractivity contribution >= 4 is 17.7 Å². The largest absolute Gasteiger partial charge is 0.493 e. The molecule has 0 bridgehead atoms. The maximum Gasteiger partial charge on any atom is 0.313 e. The first kappa shape index (κ1) is 15.9. The molecule has 1 aromatic heterocycles. The molecule has 0 radical (unpaired) electrons. The molecule has 2 rings (SSSR count). The van der Waals surface area contributed by atoms with E-state index in [9.17, 15) is 4.79 Å². The summed E-state index contributed by atoms with van der Waals surface area (Å²) in [5, 5.41) is 17.0. The van der Waals surface area contributed by atoms with Crippen molar-refractivity contribution in [1.29, 1.82) is 0 Å². The summed E-state index contributed by atoms with van der Waals surface area (Å²) >= 11 is 1.07. The molecule has 2 aromatic rings. The molecule has 7 nitrogen and oxygen atoms in total. The number of hydrogen-bond acceptors (Lipinski definition) is 6. The van der Waals surface area contributed by atoms with Crippen molar-refractivity contribution in [2.24, 2.45) is 0 Å². The lowest BCUT2D eigenvalue weighted by Gasteiger charge is -2.10. The zero-order chi connectivity index (χ0) is 16.1. The minimum Gasteiger partial charge on any atom is -0.493 e. The highest BCUT2D eigenvalue weighted by atomic mass is 32.2. The fourth-order valence-electron chi connectivity index (χ4n) is 1.66. The smallest absolute Gasteiger partial charge is 0.313 e. The van der Waals surface area contributed by atoms with Gasteiger partial charge in [-0.25, -0.2) is 0 Å². The van der Waals surface area contributed by atoms with Gasteiger partial charge in [0.05, 0.1) is 18.6 Å². The summed E-state index contributed by atoms with van der Waals surface area (Å²) in [6.45, 7) is 5.43. The number of thioether (sulfide) groups is 1. The van der Waals surface area contributed by atoms with E-state index in [4.69, 9.17) is 14.6 Å². The first-order valence-electron chi connectivity index (χ1n) is 6.28. The maximum atomic E-state index is 10.5. The molecule has 0 aliphatic rings. The van der Waals surface area contributed by atoms with Crippen LogP contribution in [0.15, 0.2) is 35.7 Å². The third-order valence-corrected chi connectivity index (χ3v) is 3.37. The van der Waals surface area contributed by atoms with Crippen molar-refractivity contribution in [3.05, 3.63) is 30.5 Å². The van der Waals surface area contributed by atoms with Crippen LogP contribution in [0.1, 0.15) is 6.92 Å². The number of carboxylic acid groups (broad SMARTS) is 1. The SMILES string of the molecule is C=C(C)Oc1ccc(-c2nnc(SCC(=O)O)[nH]2)cc1OC. The number of aliphatic carboxylic acids is 1. The van der Waals surface area contributed by atoms with Gasteiger partial charge in [-0.05, 0) is 25.1 Å². The Morgan fingerprint density at radius 1 is 1.41 bits per heavy atom. The molecule has 0 spiro atoms. The van der Waals surface area contributed by atoms with E-state index in [2.05, 4.69) is 21.8 Å². The molecular formula is C14H15N3O4S. The molecule has 0 aliphatic heterocycles. The Hall–Kier alpha value is -2.48. The number of aromatic nitrogens is 3. The van der Waals surface area contributed by atoms with E-state index in [0.717, 1.165) is 17.3 Å². The van der Waals surface area contributed by atoms with Gasteiger partial charge >= 0.3 is 5.97 Å². The van der Waals surface area contributed by atoms with Crippen LogP contribution in [0.5, 0.6) is 11.5 Å². The van der Waals surface area contributed by atoms with E-state index in [0.29, 0.717) is 28.2 Å². The lowest BCUT2D eigenvalue weighted by Crippen LogP contribution is -1.97. The molecule has 116 valence electrons. The van der Waals surface area contributed by atoms with Crippen LogP contribution in [-0.4, -0.2) is 39.1 Å². The summed E-state index contributed by atoms with van der Waals surface area (Å²) in [6.07, 6.45) is 0. The molecule has 0 unspecified atom stereocenters. The van der Waals surface area contributed by atoms with Crippen molar-refractivity contribution in [3.8, 4) is 22.9 Å². The van der Waals surface area contributed by atoms with Crippen LogP contribution in [0.2, 0.25) is 0 Å². The van der Waals surface area contributed by atoms with Crippen molar-refractivity contribution in [1.82, 2.24) is 15.2 Å². The van der Waals surface area contributed by atoms with Gasteiger partial charge in [0, 0.05) is 5.56 Å². The number of rotatable bonds is 7. The monoisotopic (exact) mass is 321 g/mol. The van der Waals surface area contributed by atoms with E-state index in [1.54, 1.807) is 32.2 Å². The number of nitrogens with one attached hydrogen (secondary N) is 1. The van der Waals surface area contributed by atoms with Gasteiger partial charge in [0.25, 0.3) is 0 Å². The number of hydrogen-bond donors (Lipinski definition) is 2. The van der Waals surface area contributed by atoms with Crippen molar-refractivity contribution in [3.63, 3.8) is 0 Å². The number of methoxy groups -OCH3 is 1. The van der Waals surface area contributed by atoms with E-state index < -0.39 is 5.97 Å². The number of H-pyrrole nitrogens is 1. The van der Waals surface area contributed by atoms with Gasteiger partial charge < -0.3 is 19.6 Å². The highest BCUT2D eigenvalue weighted by Gasteiger charge is 2.11. The van der Waals surface area contributed by atoms with Crippen LogP contribution in [-0.2, 0) is 4.79 Å². The van der Waals surface area contributed by atoms with Gasteiger partial charge in [0.2, 0.25) is 0 Å². The molecule has 1 aromatic carbocycles. The molecule has 0 fully saturated rings. The van der Waals surface area contributed by atoms with Crippen molar-refractivity contribution < 1.29 is 19.4 Å². The van der Waals surface area contributed by atoms with Crippen molar-refractivity contribution in [2.75, 3.05) is 12.9 Å². The second-order valence-electron chi connectivity index (χ2n) is 4.33. The van der Waals surface area contributed by atoms with Gasteiger partial charge in [-0.1, -0.05) is 18.3 Å². The average Bonchev–Trinajstić information content (AvgIpc) is 2.94. The molecule has 0 atom stereocenters. The molecular weight excluding hydrogens is 306 g/mol. The summed E-state index contributed by atoms with van der Waals surface area (Å²) < 4.78 is 10.7. The predicted octanol–water partition coefficient (Wildman–Crippen LogP) is 2.57. The highest BCUT2D eigenvalue weighted by Crippen LogP contribution is 2.32. The van der Waals surface area contributed by atoms with Crippen LogP contribution in [0, 0.1) is 0 Å². The first-order chi connectivity index (χ1) is 10.5. The molecule has 0 amide bonds. The van der Waals surface area contributed by atoms with Crippen LogP contribution < -0.4 is 9.47 Å². The van der Waals surface area contributed by atoms with Gasteiger partial charge in [-0.3, -0.25) is 4.79 Å². The molecule has 0 saturated carbocycles. The quantitative estimate of drug-likeness (QED) is 0.597. The second-order valence-corrected chi connectivity index (χ2v) is 5.29. The average molecular weight is 321 g/mol. The van der Waals surface area contributed by atoms with Crippen LogP contribution in [0.25, 0.3) is 11.4 Å². The highest BCUT2D eigenvalue weighted by molar-refractivity contribution is 7.99. The lowest BCUT2D eigenvalue weighted by molar-refractivity contribution is -0.133. The number of carbonyl (C=O) groups is 1. The lowest BCUT2D eigenvalue weighted by atomic mass is 10.2. The summed E-state index contributed by atoms with van der Waals surface area (Å²) in [7, 11) is 1.54. The summed E-state index contributed by atoms with van der Waals surface area (Å²) in [5.74, 6) is 1.18. The zero-order valence-electron chi connectivity index (χ0n) is 12.1. The number of benzene rings is 1. The second kappa shape index (κ2) is 6.99. The molecule has 1 heterocycles. The molecule has 0 aliphatic carbocycles. The van der Waals surface area contributed by atoms with E-state index in [1.165, 1.54) is 0 Å². The Kier molecular flexibility index (Phi) is 5.05. The number of aromatic amines is 1. The maximum absolute atomic E-state index is 10.5. The van der Waals surface area contributed by atoms with Gasteiger partial charge in [-0.2, -0.15) is 0 Å². The Balaban J connectivity index is 2.22. The van der Waals surface area contributed by atoms with Crippen LogP contribution in [0.3, 0.4) is 0 Å². The molecule has 2 N–H and O–H groups in total. The van der Waals surface area contributed by atoms with Crippen LogP contribution >= 0.6 is 11.8 Å². The van der Waals surface area contributed by atoms with E-state index >= 15 is 0 Å². The van der Waals surface area contributed by atoms with Crippen molar-refractivity contribution in [2.45, 2.75) is 12.1 Å². The third-order valence-electron chi connectivity index (χ3n) is 2.52. The first-order valence-corrected chi connectivity index (χ1v) is 7.27. The summed E-state index contributed by atoms with van der Waals surface area (Å²) in [5.41, 5.74) is 0.751. The minimum absolute atomic E-state index is 0.0800. The Morgan fingerprint density at radius 2 is 2.18 bits per heavy atom. The van der Waals surface area contributed by atoms with Gasteiger partial charge in [0.1, 0.15) is 0 Å². The molecule has 22 heavy (non-hydrogen) atoms. The molecule has 0 saturated heterocycles. The number of ether oxygens (including phenoxy) is 2. The predicted molar refractivity (Wildman–Crippen MR) is 82.2 cm³/mol. The number of allylic oxidation sites excluding steroid dienone is 1. The standard InChI is InChI=1S/C14H15N3O4S/c1-8(2)21-10-5-4-9(6-11(10)20-3)13-15-14(17-16-13)22-7-12(18)19/h4-6H,1,7H2,2-3H3,(H,18,19)(H,15,16,17).